The fourth-order valence-corrected chi connectivity index (χ4v) is 1.33. The Morgan fingerprint density at radius 3 is 2.71 bits per heavy atom. The Kier molecular flexibility index (Phi) is 3.92. The summed E-state index contributed by atoms with van der Waals surface area (Å²) in [4.78, 5) is 2.01. The standard InChI is InChI=1S/C11H18N2O/c1-13(2)10-5-3-4-9(8-10)11(14)6-7-12/h3-5,8,11,14H,6-7,12H2,1-2H3/t11-/m1/s1. The van der Waals surface area contributed by atoms with Gasteiger partial charge in [-0.2, -0.15) is 0 Å². The molecule has 0 heterocycles. The molecule has 1 aromatic carbocycles. The Morgan fingerprint density at radius 1 is 1.43 bits per heavy atom. The van der Waals surface area contributed by atoms with Gasteiger partial charge in [-0.15, -0.1) is 0 Å². The molecule has 1 atom stereocenters. The van der Waals surface area contributed by atoms with Gasteiger partial charge in [-0.3, -0.25) is 0 Å². The van der Waals surface area contributed by atoms with Crippen molar-refractivity contribution in [2.75, 3.05) is 25.5 Å². The molecule has 0 saturated carbocycles. The highest BCUT2D eigenvalue weighted by atomic mass is 16.3. The van der Waals surface area contributed by atoms with Gasteiger partial charge in [0.15, 0.2) is 0 Å². The van der Waals surface area contributed by atoms with Crippen molar-refractivity contribution in [1.82, 2.24) is 0 Å². The quantitative estimate of drug-likeness (QED) is 0.755. The lowest BCUT2D eigenvalue weighted by Crippen LogP contribution is -2.10. The summed E-state index contributed by atoms with van der Waals surface area (Å²) in [6.45, 7) is 0.507. The molecule has 3 N–H and O–H groups in total. The van der Waals surface area contributed by atoms with E-state index in [0.29, 0.717) is 13.0 Å². The molecular weight excluding hydrogens is 176 g/mol. The Morgan fingerprint density at radius 2 is 2.14 bits per heavy atom. The summed E-state index contributed by atoms with van der Waals surface area (Å²) < 4.78 is 0. The molecule has 3 heteroatoms. The number of rotatable bonds is 4. The molecule has 1 rings (SSSR count). The lowest BCUT2D eigenvalue weighted by atomic mass is 10.1. The Bertz CT molecular complexity index is 286. The van der Waals surface area contributed by atoms with Gasteiger partial charge in [0.1, 0.15) is 0 Å². The van der Waals surface area contributed by atoms with E-state index in [-0.39, 0.29) is 0 Å². The number of anilines is 1. The number of aliphatic hydroxyl groups excluding tert-OH is 1. The zero-order valence-electron chi connectivity index (χ0n) is 8.77. The molecule has 0 aliphatic rings. The lowest BCUT2D eigenvalue weighted by Gasteiger charge is -2.15. The molecule has 0 radical (unpaired) electrons. The van der Waals surface area contributed by atoms with Crippen molar-refractivity contribution in [2.45, 2.75) is 12.5 Å². The second-order valence-corrected chi connectivity index (χ2v) is 3.58. The molecule has 0 spiro atoms. The second kappa shape index (κ2) is 4.98. The van der Waals surface area contributed by atoms with Gasteiger partial charge in [-0.25, -0.2) is 0 Å². The molecular formula is C11H18N2O. The van der Waals surface area contributed by atoms with Crippen molar-refractivity contribution in [1.29, 1.82) is 0 Å². The van der Waals surface area contributed by atoms with Gasteiger partial charge in [0, 0.05) is 19.8 Å². The molecule has 1 aromatic rings. The van der Waals surface area contributed by atoms with Crippen molar-refractivity contribution in [3.63, 3.8) is 0 Å². The first kappa shape index (κ1) is 11.0. The average Bonchev–Trinajstić information content (AvgIpc) is 2.18. The van der Waals surface area contributed by atoms with Crippen LogP contribution in [-0.2, 0) is 0 Å². The van der Waals surface area contributed by atoms with E-state index in [2.05, 4.69) is 0 Å². The first-order chi connectivity index (χ1) is 6.65. The summed E-state index contributed by atoms with van der Waals surface area (Å²) in [5.41, 5.74) is 7.42. The Labute approximate surface area is 85.2 Å². The topological polar surface area (TPSA) is 49.5 Å². The monoisotopic (exact) mass is 194 g/mol. The highest BCUT2D eigenvalue weighted by Crippen LogP contribution is 2.20. The van der Waals surface area contributed by atoms with Gasteiger partial charge in [0.2, 0.25) is 0 Å². The van der Waals surface area contributed by atoms with E-state index in [1.54, 1.807) is 0 Å². The molecule has 78 valence electrons. The number of benzene rings is 1. The molecule has 0 aromatic heterocycles. The van der Waals surface area contributed by atoms with Crippen LogP contribution in [0.25, 0.3) is 0 Å². The van der Waals surface area contributed by atoms with Crippen LogP contribution in [-0.4, -0.2) is 25.7 Å². The van der Waals surface area contributed by atoms with E-state index in [1.807, 2.05) is 43.3 Å². The summed E-state index contributed by atoms with van der Waals surface area (Å²) in [6, 6.07) is 7.87. The van der Waals surface area contributed by atoms with Crippen LogP contribution < -0.4 is 10.6 Å². The predicted octanol–water partition coefficient (Wildman–Crippen LogP) is 1.13. The van der Waals surface area contributed by atoms with Crippen LogP contribution in [0.15, 0.2) is 24.3 Å². The molecule has 0 unspecified atom stereocenters. The summed E-state index contributed by atoms with van der Waals surface area (Å²) in [7, 11) is 3.96. The Balaban J connectivity index is 2.82. The summed E-state index contributed by atoms with van der Waals surface area (Å²) in [5, 5.41) is 9.73. The number of hydrogen-bond donors (Lipinski definition) is 2. The summed E-state index contributed by atoms with van der Waals surface area (Å²) in [5.74, 6) is 0. The van der Waals surface area contributed by atoms with Crippen LogP contribution in [0.5, 0.6) is 0 Å². The van der Waals surface area contributed by atoms with Gasteiger partial charge in [0.25, 0.3) is 0 Å². The highest BCUT2D eigenvalue weighted by Gasteiger charge is 2.06. The maximum Gasteiger partial charge on any atom is 0.0802 e. The van der Waals surface area contributed by atoms with E-state index in [9.17, 15) is 5.11 Å². The number of hydrogen-bond acceptors (Lipinski definition) is 3. The third-order valence-electron chi connectivity index (χ3n) is 2.21. The number of nitrogens with zero attached hydrogens (tertiary/aromatic N) is 1. The summed E-state index contributed by atoms with van der Waals surface area (Å²) >= 11 is 0. The normalized spacial score (nSPS) is 12.6. The molecule has 0 fully saturated rings. The lowest BCUT2D eigenvalue weighted by molar-refractivity contribution is 0.170. The minimum absolute atomic E-state index is 0.445. The van der Waals surface area contributed by atoms with Crippen molar-refractivity contribution in [3.05, 3.63) is 29.8 Å². The smallest absolute Gasteiger partial charge is 0.0802 e. The molecule has 14 heavy (non-hydrogen) atoms. The molecule has 0 aliphatic heterocycles. The molecule has 3 nitrogen and oxygen atoms in total. The second-order valence-electron chi connectivity index (χ2n) is 3.58. The molecule has 0 aliphatic carbocycles. The van der Waals surface area contributed by atoms with Crippen LogP contribution in [0.1, 0.15) is 18.1 Å². The van der Waals surface area contributed by atoms with E-state index in [0.717, 1.165) is 11.3 Å². The molecule has 0 saturated heterocycles. The van der Waals surface area contributed by atoms with Crippen LogP contribution in [0, 0.1) is 0 Å². The van der Waals surface area contributed by atoms with E-state index >= 15 is 0 Å². The van der Waals surface area contributed by atoms with Gasteiger partial charge in [-0.05, 0) is 30.7 Å². The third kappa shape index (κ3) is 2.72. The van der Waals surface area contributed by atoms with Crippen molar-refractivity contribution >= 4 is 5.69 Å². The first-order valence-corrected chi connectivity index (χ1v) is 4.80. The van der Waals surface area contributed by atoms with Crippen molar-refractivity contribution in [3.8, 4) is 0 Å². The van der Waals surface area contributed by atoms with Gasteiger partial charge in [-0.1, -0.05) is 12.1 Å². The van der Waals surface area contributed by atoms with Crippen LogP contribution in [0.4, 0.5) is 5.69 Å². The first-order valence-electron chi connectivity index (χ1n) is 4.80. The van der Waals surface area contributed by atoms with Crippen molar-refractivity contribution < 1.29 is 5.11 Å². The maximum absolute atomic E-state index is 9.73. The largest absolute Gasteiger partial charge is 0.388 e. The Hall–Kier alpha value is -1.06. The molecule has 0 bridgehead atoms. The molecule has 0 amide bonds. The average molecular weight is 194 g/mol. The van der Waals surface area contributed by atoms with Crippen LogP contribution >= 0.6 is 0 Å². The van der Waals surface area contributed by atoms with Gasteiger partial charge >= 0.3 is 0 Å². The number of aliphatic hydroxyl groups is 1. The van der Waals surface area contributed by atoms with Crippen LogP contribution in [0.3, 0.4) is 0 Å². The minimum atomic E-state index is -0.445. The summed E-state index contributed by atoms with van der Waals surface area (Å²) in [6.07, 6.45) is 0.163. The van der Waals surface area contributed by atoms with E-state index in [1.165, 1.54) is 0 Å². The van der Waals surface area contributed by atoms with Gasteiger partial charge in [0.05, 0.1) is 6.10 Å². The minimum Gasteiger partial charge on any atom is -0.388 e. The van der Waals surface area contributed by atoms with E-state index in [4.69, 9.17) is 5.73 Å². The third-order valence-corrected chi connectivity index (χ3v) is 2.21. The fraction of sp³-hybridized carbons (Fsp3) is 0.455. The van der Waals surface area contributed by atoms with Crippen LogP contribution in [0.2, 0.25) is 0 Å². The van der Waals surface area contributed by atoms with Crippen molar-refractivity contribution in [2.24, 2.45) is 5.73 Å². The zero-order chi connectivity index (χ0) is 10.6. The SMILES string of the molecule is CN(C)c1cccc([C@H](O)CCN)c1. The number of nitrogens with two attached hydrogens (primary N) is 1. The predicted molar refractivity (Wildman–Crippen MR) is 59.4 cm³/mol. The van der Waals surface area contributed by atoms with E-state index < -0.39 is 6.10 Å². The highest BCUT2D eigenvalue weighted by molar-refractivity contribution is 5.47. The van der Waals surface area contributed by atoms with Gasteiger partial charge < -0.3 is 15.7 Å². The fourth-order valence-electron chi connectivity index (χ4n) is 1.33. The zero-order valence-corrected chi connectivity index (χ0v) is 8.77. The maximum atomic E-state index is 9.73.